The molecule has 1 unspecified atom stereocenters. The standard InChI is InChI=1S/C5H8N2OS/c1-2-5(8)4-3-9-7-6-4/h3,5,8H,2H2,1H3. The molecule has 1 aromatic heterocycles. The third-order valence-electron chi connectivity index (χ3n) is 1.10. The summed E-state index contributed by atoms with van der Waals surface area (Å²) < 4.78 is 3.62. The zero-order chi connectivity index (χ0) is 6.69. The molecule has 0 aliphatic heterocycles. The van der Waals surface area contributed by atoms with Gasteiger partial charge in [-0.1, -0.05) is 11.4 Å². The molecule has 0 saturated heterocycles. The molecule has 0 amide bonds. The Hall–Kier alpha value is -0.480. The lowest BCUT2D eigenvalue weighted by Gasteiger charge is -1.99. The summed E-state index contributed by atoms with van der Waals surface area (Å²) in [6.07, 6.45) is 0.273. The van der Waals surface area contributed by atoms with Crippen molar-refractivity contribution in [2.45, 2.75) is 19.4 Å². The number of aliphatic hydroxyl groups is 1. The van der Waals surface area contributed by atoms with E-state index in [9.17, 15) is 0 Å². The van der Waals surface area contributed by atoms with Gasteiger partial charge in [0.1, 0.15) is 5.69 Å². The Morgan fingerprint density at radius 2 is 2.67 bits per heavy atom. The largest absolute Gasteiger partial charge is 0.387 e. The van der Waals surface area contributed by atoms with Gasteiger partial charge in [0.2, 0.25) is 0 Å². The lowest BCUT2D eigenvalue weighted by molar-refractivity contribution is 0.169. The zero-order valence-electron chi connectivity index (χ0n) is 5.11. The molecule has 1 N–H and O–H groups in total. The van der Waals surface area contributed by atoms with Gasteiger partial charge in [-0.3, -0.25) is 0 Å². The Labute approximate surface area is 57.5 Å². The van der Waals surface area contributed by atoms with Crippen LogP contribution in [-0.2, 0) is 0 Å². The first-order valence-electron chi connectivity index (χ1n) is 2.79. The third kappa shape index (κ3) is 1.46. The van der Waals surface area contributed by atoms with Gasteiger partial charge in [0.05, 0.1) is 6.10 Å². The molecule has 1 heterocycles. The predicted molar refractivity (Wildman–Crippen MR) is 35.2 cm³/mol. The van der Waals surface area contributed by atoms with Crippen LogP contribution in [-0.4, -0.2) is 14.7 Å². The molecule has 0 aliphatic carbocycles. The maximum Gasteiger partial charge on any atom is 0.104 e. The van der Waals surface area contributed by atoms with Gasteiger partial charge in [-0.05, 0) is 18.0 Å². The summed E-state index contributed by atoms with van der Waals surface area (Å²) in [6, 6.07) is 0. The Kier molecular flexibility index (Phi) is 2.13. The van der Waals surface area contributed by atoms with Crippen molar-refractivity contribution in [1.82, 2.24) is 9.59 Å². The monoisotopic (exact) mass is 144 g/mol. The van der Waals surface area contributed by atoms with Gasteiger partial charge < -0.3 is 5.11 Å². The van der Waals surface area contributed by atoms with Crippen molar-refractivity contribution in [3.05, 3.63) is 11.1 Å². The summed E-state index contributed by atoms with van der Waals surface area (Å²) in [5.41, 5.74) is 0.683. The molecule has 0 bridgehead atoms. The van der Waals surface area contributed by atoms with Gasteiger partial charge in [-0.2, -0.15) is 0 Å². The number of hydrogen-bond acceptors (Lipinski definition) is 4. The second-order valence-electron chi connectivity index (χ2n) is 1.75. The van der Waals surface area contributed by atoms with Crippen molar-refractivity contribution in [2.24, 2.45) is 0 Å². The van der Waals surface area contributed by atoms with Gasteiger partial charge in [0.25, 0.3) is 0 Å². The minimum Gasteiger partial charge on any atom is -0.387 e. The van der Waals surface area contributed by atoms with E-state index in [4.69, 9.17) is 5.11 Å². The van der Waals surface area contributed by atoms with Crippen LogP contribution in [0.15, 0.2) is 5.38 Å². The van der Waals surface area contributed by atoms with Crippen LogP contribution in [0.4, 0.5) is 0 Å². The molecule has 50 valence electrons. The Morgan fingerprint density at radius 3 is 3.11 bits per heavy atom. The van der Waals surface area contributed by atoms with E-state index in [0.717, 1.165) is 0 Å². The van der Waals surface area contributed by atoms with Crippen molar-refractivity contribution in [3.63, 3.8) is 0 Å². The highest BCUT2D eigenvalue weighted by molar-refractivity contribution is 7.03. The molecule has 0 aliphatic rings. The molecule has 1 aromatic rings. The van der Waals surface area contributed by atoms with E-state index in [1.165, 1.54) is 11.5 Å². The van der Waals surface area contributed by atoms with E-state index in [0.29, 0.717) is 12.1 Å². The van der Waals surface area contributed by atoms with Crippen LogP contribution in [0, 0.1) is 0 Å². The molecule has 3 nitrogen and oxygen atoms in total. The fourth-order valence-electron chi connectivity index (χ4n) is 0.526. The summed E-state index contributed by atoms with van der Waals surface area (Å²) >= 11 is 1.26. The molecule has 9 heavy (non-hydrogen) atoms. The first-order chi connectivity index (χ1) is 4.34. The van der Waals surface area contributed by atoms with Gasteiger partial charge >= 0.3 is 0 Å². The Balaban J connectivity index is 2.65. The molecular weight excluding hydrogens is 136 g/mol. The first-order valence-corrected chi connectivity index (χ1v) is 3.63. The van der Waals surface area contributed by atoms with Crippen molar-refractivity contribution in [1.29, 1.82) is 0 Å². The normalized spacial score (nSPS) is 13.6. The average molecular weight is 144 g/mol. The molecule has 1 rings (SSSR count). The van der Waals surface area contributed by atoms with Crippen LogP contribution >= 0.6 is 11.5 Å². The second-order valence-corrected chi connectivity index (χ2v) is 2.36. The average Bonchev–Trinajstić information content (AvgIpc) is 2.37. The fraction of sp³-hybridized carbons (Fsp3) is 0.600. The lowest BCUT2D eigenvalue weighted by Crippen LogP contribution is -1.94. The molecular formula is C5H8N2OS. The molecule has 4 heteroatoms. The number of hydrogen-bond donors (Lipinski definition) is 1. The molecule has 1 atom stereocenters. The minimum absolute atomic E-state index is 0.427. The number of aromatic nitrogens is 2. The zero-order valence-corrected chi connectivity index (χ0v) is 5.93. The Morgan fingerprint density at radius 1 is 1.89 bits per heavy atom. The molecule has 0 saturated carbocycles. The molecule has 0 aromatic carbocycles. The highest BCUT2D eigenvalue weighted by atomic mass is 32.1. The topological polar surface area (TPSA) is 46.0 Å². The number of rotatable bonds is 2. The molecule has 0 fully saturated rings. The highest BCUT2D eigenvalue weighted by Crippen LogP contribution is 2.12. The minimum atomic E-state index is -0.427. The van der Waals surface area contributed by atoms with Gasteiger partial charge in [-0.25, -0.2) is 0 Å². The van der Waals surface area contributed by atoms with Gasteiger partial charge in [-0.15, -0.1) is 5.10 Å². The molecule has 0 radical (unpaired) electrons. The van der Waals surface area contributed by atoms with E-state index in [2.05, 4.69) is 9.59 Å². The highest BCUT2D eigenvalue weighted by Gasteiger charge is 2.05. The maximum absolute atomic E-state index is 9.12. The maximum atomic E-state index is 9.12. The van der Waals surface area contributed by atoms with Crippen molar-refractivity contribution in [2.75, 3.05) is 0 Å². The fourth-order valence-corrected chi connectivity index (χ4v) is 1.03. The van der Waals surface area contributed by atoms with E-state index in [1.807, 2.05) is 6.92 Å². The summed E-state index contributed by atoms with van der Waals surface area (Å²) in [6.45, 7) is 1.91. The Bertz CT molecular complexity index is 163. The number of aliphatic hydroxyl groups excluding tert-OH is 1. The lowest BCUT2D eigenvalue weighted by atomic mass is 10.2. The van der Waals surface area contributed by atoms with Crippen LogP contribution in [0.5, 0.6) is 0 Å². The summed E-state index contributed by atoms with van der Waals surface area (Å²) in [4.78, 5) is 0. The SMILES string of the molecule is CCC(O)c1csnn1. The van der Waals surface area contributed by atoms with Crippen molar-refractivity contribution >= 4 is 11.5 Å². The van der Waals surface area contributed by atoms with Crippen LogP contribution in [0.1, 0.15) is 25.1 Å². The van der Waals surface area contributed by atoms with Crippen molar-refractivity contribution < 1.29 is 5.11 Å². The van der Waals surface area contributed by atoms with Crippen LogP contribution < -0.4 is 0 Å². The molecule has 0 spiro atoms. The van der Waals surface area contributed by atoms with Gasteiger partial charge in [0, 0.05) is 5.38 Å². The smallest absolute Gasteiger partial charge is 0.104 e. The van der Waals surface area contributed by atoms with Crippen molar-refractivity contribution in [3.8, 4) is 0 Å². The van der Waals surface area contributed by atoms with E-state index >= 15 is 0 Å². The van der Waals surface area contributed by atoms with Crippen LogP contribution in [0.2, 0.25) is 0 Å². The summed E-state index contributed by atoms with van der Waals surface area (Å²) in [5, 5.41) is 14.6. The predicted octanol–water partition coefficient (Wildman–Crippen LogP) is 0.981. The third-order valence-corrected chi connectivity index (χ3v) is 1.63. The van der Waals surface area contributed by atoms with Crippen LogP contribution in [0.3, 0.4) is 0 Å². The van der Waals surface area contributed by atoms with E-state index < -0.39 is 6.10 Å². The summed E-state index contributed by atoms with van der Waals surface area (Å²) in [7, 11) is 0. The van der Waals surface area contributed by atoms with Crippen LogP contribution in [0.25, 0.3) is 0 Å². The second kappa shape index (κ2) is 2.89. The quantitative estimate of drug-likeness (QED) is 0.673. The van der Waals surface area contributed by atoms with Gasteiger partial charge in [0.15, 0.2) is 0 Å². The van der Waals surface area contributed by atoms with E-state index in [-0.39, 0.29) is 0 Å². The number of nitrogens with zero attached hydrogens (tertiary/aromatic N) is 2. The van der Waals surface area contributed by atoms with E-state index in [1.54, 1.807) is 5.38 Å². The summed E-state index contributed by atoms with van der Waals surface area (Å²) in [5.74, 6) is 0. The first kappa shape index (κ1) is 6.64.